The summed E-state index contributed by atoms with van der Waals surface area (Å²) in [7, 11) is 0. The monoisotopic (exact) mass is 480 g/mol. The maximum Gasteiger partial charge on any atom is 0.222 e. The third-order valence-electron chi connectivity index (χ3n) is 9.69. The van der Waals surface area contributed by atoms with Crippen molar-refractivity contribution < 1.29 is 9.53 Å². The van der Waals surface area contributed by atoms with Gasteiger partial charge in [-0.15, -0.1) is 0 Å². The second kappa shape index (κ2) is 8.88. The van der Waals surface area contributed by atoms with E-state index in [0.717, 1.165) is 48.7 Å². The molecule has 6 nitrogen and oxygen atoms in total. The molecule has 1 aromatic carbocycles. The largest absolute Gasteiger partial charge is 0.360 e. The smallest absolute Gasteiger partial charge is 0.222 e. The second-order valence-corrected chi connectivity index (χ2v) is 13.0. The summed E-state index contributed by atoms with van der Waals surface area (Å²) in [5.74, 6) is 2.38. The van der Waals surface area contributed by atoms with E-state index in [4.69, 9.17) is 9.72 Å². The van der Waals surface area contributed by atoms with Crippen molar-refractivity contribution in [1.82, 2.24) is 19.8 Å². The van der Waals surface area contributed by atoms with Crippen LogP contribution in [0.2, 0.25) is 0 Å². The number of rotatable bonds is 7. The summed E-state index contributed by atoms with van der Waals surface area (Å²) in [4.78, 5) is 20.6. The van der Waals surface area contributed by atoms with Gasteiger partial charge in [0, 0.05) is 38.0 Å². The van der Waals surface area contributed by atoms with Gasteiger partial charge >= 0.3 is 0 Å². The molecule has 35 heavy (non-hydrogen) atoms. The fraction of sp³-hybridized carbons (Fsp3) is 0.724. The van der Waals surface area contributed by atoms with Gasteiger partial charge in [-0.1, -0.05) is 32.9 Å². The number of aromatic nitrogens is 2. The van der Waals surface area contributed by atoms with Crippen molar-refractivity contribution in [2.45, 2.75) is 97.8 Å². The molecule has 1 saturated heterocycles. The third-order valence-corrected chi connectivity index (χ3v) is 9.69. The normalized spacial score (nSPS) is 30.4. The van der Waals surface area contributed by atoms with E-state index in [1.807, 2.05) is 6.07 Å². The van der Waals surface area contributed by atoms with E-state index < -0.39 is 0 Å². The van der Waals surface area contributed by atoms with E-state index in [0.29, 0.717) is 37.1 Å². The van der Waals surface area contributed by atoms with Gasteiger partial charge in [0.15, 0.2) is 0 Å². The van der Waals surface area contributed by atoms with E-state index in [1.165, 1.54) is 12.8 Å². The maximum atomic E-state index is 13.2. The highest BCUT2D eigenvalue weighted by Gasteiger charge is 2.61. The van der Waals surface area contributed by atoms with Gasteiger partial charge in [-0.05, 0) is 75.3 Å². The van der Waals surface area contributed by atoms with Gasteiger partial charge in [-0.25, -0.2) is 4.98 Å². The highest BCUT2D eigenvalue weighted by Crippen LogP contribution is 2.65. The van der Waals surface area contributed by atoms with E-state index >= 15 is 0 Å². The Kier molecular flexibility index (Phi) is 6.28. The average molecular weight is 481 g/mol. The summed E-state index contributed by atoms with van der Waals surface area (Å²) in [6.07, 6.45) is 5.22. The minimum atomic E-state index is -0.135. The molecule has 0 spiro atoms. The van der Waals surface area contributed by atoms with Crippen LogP contribution in [0, 0.1) is 16.7 Å². The number of amides is 1. The van der Waals surface area contributed by atoms with Crippen LogP contribution in [-0.4, -0.2) is 51.8 Å². The highest BCUT2D eigenvalue weighted by atomic mass is 16.5. The molecule has 192 valence electrons. The summed E-state index contributed by atoms with van der Waals surface area (Å²) in [6.45, 7) is 16.8. The zero-order valence-corrected chi connectivity index (χ0v) is 22.6. The molecule has 2 aromatic rings. The lowest BCUT2D eigenvalue weighted by Gasteiger charge is -2.39. The molecule has 3 fully saturated rings. The number of nitrogens with one attached hydrogen (secondary N) is 1. The minimum absolute atomic E-state index is 0.135. The molecule has 2 unspecified atom stereocenters. The van der Waals surface area contributed by atoms with Gasteiger partial charge in [0.25, 0.3) is 0 Å². The Labute approximate surface area is 210 Å². The molecule has 3 aliphatic rings. The molecular formula is C29H44N4O2. The lowest BCUT2D eigenvalue weighted by atomic mass is 9.69. The summed E-state index contributed by atoms with van der Waals surface area (Å²) in [5, 5.41) is 3.45. The number of para-hydroxylation sites is 2. The Balaban J connectivity index is 1.27. The Morgan fingerprint density at radius 1 is 1.20 bits per heavy atom. The van der Waals surface area contributed by atoms with Gasteiger partial charge in [-0.3, -0.25) is 9.69 Å². The van der Waals surface area contributed by atoms with E-state index in [1.54, 1.807) is 0 Å². The molecule has 1 N–H and O–H groups in total. The number of carbonyl (C=O) groups is 1. The first-order chi connectivity index (χ1) is 16.5. The summed E-state index contributed by atoms with van der Waals surface area (Å²) >= 11 is 0. The van der Waals surface area contributed by atoms with Gasteiger partial charge in [0.1, 0.15) is 5.82 Å². The molecule has 2 saturated carbocycles. The lowest BCUT2D eigenvalue weighted by Crippen LogP contribution is -2.47. The lowest BCUT2D eigenvalue weighted by molar-refractivity contribution is -0.123. The molecule has 2 heterocycles. The number of hydrogen-bond donors (Lipinski definition) is 1. The van der Waals surface area contributed by atoms with E-state index in [-0.39, 0.29) is 16.9 Å². The van der Waals surface area contributed by atoms with Crippen LogP contribution in [0.1, 0.15) is 85.4 Å². The first kappa shape index (κ1) is 24.8. The molecule has 4 atom stereocenters. The predicted octanol–water partition coefficient (Wildman–Crippen LogP) is 5.32. The van der Waals surface area contributed by atoms with Crippen molar-refractivity contribution in [2.24, 2.45) is 16.7 Å². The molecule has 5 rings (SSSR count). The molecule has 2 aliphatic carbocycles. The topological polar surface area (TPSA) is 59.4 Å². The number of imidazole rings is 1. The molecule has 1 amide bonds. The number of hydrogen-bond acceptors (Lipinski definition) is 4. The van der Waals surface area contributed by atoms with Gasteiger partial charge in [-0.2, -0.15) is 0 Å². The summed E-state index contributed by atoms with van der Waals surface area (Å²) in [6, 6.07) is 8.64. The number of fused-ring (bicyclic) bond motifs is 3. The van der Waals surface area contributed by atoms with Crippen LogP contribution in [0.25, 0.3) is 11.0 Å². The quantitative estimate of drug-likeness (QED) is 0.583. The van der Waals surface area contributed by atoms with Crippen LogP contribution < -0.4 is 5.32 Å². The second-order valence-electron chi connectivity index (χ2n) is 13.0. The zero-order valence-electron chi connectivity index (χ0n) is 22.6. The van der Waals surface area contributed by atoms with Crippen molar-refractivity contribution >= 4 is 16.9 Å². The van der Waals surface area contributed by atoms with Crippen molar-refractivity contribution in [3.05, 3.63) is 30.1 Å². The van der Waals surface area contributed by atoms with Gasteiger partial charge < -0.3 is 14.6 Å². The molecular weight excluding hydrogens is 436 g/mol. The first-order valence-corrected chi connectivity index (χ1v) is 13.6. The Morgan fingerprint density at radius 3 is 2.66 bits per heavy atom. The van der Waals surface area contributed by atoms with E-state index in [2.05, 4.69) is 74.5 Å². The number of likely N-dealkylation sites (tertiary alicyclic amines) is 1. The number of carbonyl (C=O) groups excluding carboxylic acids is 1. The fourth-order valence-electron chi connectivity index (χ4n) is 6.99. The number of aryl methyl sites for hydroxylation is 1. The Hall–Kier alpha value is -1.92. The van der Waals surface area contributed by atoms with Crippen LogP contribution in [0.3, 0.4) is 0 Å². The summed E-state index contributed by atoms with van der Waals surface area (Å²) < 4.78 is 8.32. The molecule has 1 aromatic heterocycles. The molecule has 2 bridgehead atoms. The molecule has 1 aliphatic heterocycles. The van der Waals surface area contributed by atoms with Crippen LogP contribution in [-0.2, 0) is 16.1 Å². The highest BCUT2D eigenvalue weighted by molar-refractivity contribution is 5.78. The van der Waals surface area contributed by atoms with Crippen LogP contribution >= 0.6 is 0 Å². The molecule has 0 radical (unpaired) electrons. The Morgan fingerprint density at radius 2 is 1.97 bits per heavy atom. The number of ether oxygens (including phenoxy) is 1. The zero-order chi connectivity index (χ0) is 25.0. The average Bonchev–Trinajstić information content (AvgIpc) is 3.50. The maximum absolute atomic E-state index is 13.2. The Bertz CT molecular complexity index is 1080. The number of nitrogens with zero attached hydrogens (tertiary/aromatic N) is 3. The SMILES string of the molecule is CC(C)(C)OCN1CCC(c2nc3ccccc3n2CCC(=O)NC2C[C@H]3CC[C@]2(C)C3(C)C)C1. The summed E-state index contributed by atoms with van der Waals surface area (Å²) in [5.41, 5.74) is 2.54. The van der Waals surface area contributed by atoms with Crippen molar-refractivity contribution in [3.8, 4) is 0 Å². The van der Waals surface area contributed by atoms with Gasteiger partial charge in [0.2, 0.25) is 5.91 Å². The fourth-order valence-corrected chi connectivity index (χ4v) is 6.99. The van der Waals surface area contributed by atoms with Gasteiger partial charge in [0.05, 0.1) is 23.4 Å². The van der Waals surface area contributed by atoms with Crippen molar-refractivity contribution in [3.63, 3.8) is 0 Å². The van der Waals surface area contributed by atoms with Crippen molar-refractivity contribution in [1.29, 1.82) is 0 Å². The predicted molar refractivity (Wildman–Crippen MR) is 140 cm³/mol. The van der Waals surface area contributed by atoms with Crippen LogP contribution in [0.5, 0.6) is 0 Å². The van der Waals surface area contributed by atoms with Crippen LogP contribution in [0.4, 0.5) is 0 Å². The molecule has 6 heteroatoms. The van der Waals surface area contributed by atoms with Crippen molar-refractivity contribution in [2.75, 3.05) is 19.8 Å². The number of benzene rings is 1. The third kappa shape index (κ3) is 4.53. The standard InChI is InChI=1S/C29H44N4O2/c1-27(2,3)35-19-32-15-12-20(18-32)26-30-22-9-7-8-10-23(22)33(26)16-13-25(34)31-24-17-21-11-14-29(24,6)28(21,4)5/h7-10,20-21,24H,11-19H2,1-6H3,(H,31,34)/t20?,21-,24?,29+/m1/s1. The van der Waals surface area contributed by atoms with Crippen LogP contribution in [0.15, 0.2) is 24.3 Å². The first-order valence-electron chi connectivity index (χ1n) is 13.6. The van der Waals surface area contributed by atoms with E-state index in [9.17, 15) is 4.79 Å². The minimum Gasteiger partial charge on any atom is -0.360 e.